The summed E-state index contributed by atoms with van der Waals surface area (Å²) < 4.78 is 6.19. The number of hydrogen-bond acceptors (Lipinski definition) is 3. The molecule has 0 saturated carbocycles. The SMILES string of the molecule is CN1[C@@H]2CC[C@H]1C[C@@H](Oc1ccc3c(=O)[nH]ccc3c1)C2. The molecule has 1 aromatic heterocycles. The Bertz CT molecular complexity index is 710. The number of piperidine rings is 1. The maximum Gasteiger partial charge on any atom is 0.255 e. The number of fused-ring (bicyclic) bond motifs is 3. The lowest BCUT2D eigenvalue weighted by Gasteiger charge is -2.36. The lowest BCUT2D eigenvalue weighted by Crippen LogP contribution is -2.43. The highest BCUT2D eigenvalue weighted by Gasteiger charge is 2.39. The summed E-state index contributed by atoms with van der Waals surface area (Å²) in [6.07, 6.45) is 6.81. The van der Waals surface area contributed by atoms with E-state index in [0.29, 0.717) is 23.6 Å². The summed E-state index contributed by atoms with van der Waals surface area (Å²) in [6.45, 7) is 0. The number of nitrogens with zero attached hydrogens (tertiary/aromatic N) is 1. The van der Waals surface area contributed by atoms with E-state index in [1.54, 1.807) is 6.20 Å². The minimum absolute atomic E-state index is 0.0450. The number of hydrogen-bond donors (Lipinski definition) is 1. The third-order valence-electron chi connectivity index (χ3n) is 5.10. The van der Waals surface area contributed by atoms with Gasteiger partial charge in [0.05, 0.1) is 0 Å². The number of rotatable bonds is 2. The molecular formula is C17H20N2O2. The molecule has 4 heteroatoms. The molecule has 2 bridgehead atoms. The van der Waals surface area contributed by atoms with E-state index in [4.69, 9.17) is 4.74 Å². The van der Waals surface area contributed by atoms with Gasteiger partial charge in [-0.05, 0) is 62.4 Å². The Morgan fingerprint density at radius 1 is 1.19 bits per heavy atom. The summed E-state index contributed by atoms with van der Waals surface area (Å²) in [5.41, 5.74) is -0.0450. The molecule has 3 atom stereocenters. The molecule has 0 spiro atoms. The lowest BCUT2D eigenvalue weighted by molar-refractivity contribution is 0.0662. The van der Waals surface area contributed by atoms with Crippen LogP contribution in [0.15, 0.2) is 35.3 Å². The van der Waals surface area contributed by atoms with Gasteiger partial charge in [0.15, 0.2) is 0 Å². The van der Waals surface area contributed by atoms with E-state index in [-0.39, 0.29) is 5.56 Å². The highest BCUT2D eigenvalue weighted by atomic mass is 16.5. The van der Waals surface area contributed by atoms with E-state index in [2.05, 4.69) is 16.9 Å². The third-order valence-corrected chi connectivity index (χ3v) is 5.10. The van der Waals surface area contributed by atoms with Gasteiger partial charge in [-0.1, -0.05) is 0 Å². The number of aromatic amines is 1. The zero-order valence-corrected chi connectivity index (χ0v) is 12.2. The highest BCUT2D eigenvalue weighted by molar-refractivity contribution is 5.82. The van der Waals surface area contributed by atoms with Crippen molar-refractivity contribution in [1.82, 2.24) is 9.88 Å². The van der Waals surface area contributed by atoms with Crippen molar-refractivity contribution in [3.05, 3.63) is 40.8 Å². The van der Waals surface area contributed by atoms with Gasteiger partial charge in [0.25, 0.3) is 5.56 Å². The van der Waals surface area contributed by atoms with Crippen LogP contribution >= 0.6 is 0 Å². The van der Waals surface area contributed by atoms with Crippen LogP contribution in [0.5, 0.6) is 5.75 Å². The van der Waals surface area contributed by atoms with E-state index in [9.17, 15) is 4.79 Å². The van der Waals surface area contributed by atoms with Crippen LogP contribution in [0.1, 0.15) is 25.7 Å². The van der Waals surface area contributed by atoms with Crippen LogP contribution in [-0.2, 0) is 0 Å². The van der Waals surface area contributed by atoms with Crippen LogP contribution in [0.2, 0.25) is 0 Å². The zero-order chi connectivity index (χ0) is 14.4. The van der Waals surface area contributed by atoms with Crippen LogP contribution in [0.4, 0.5) is 0 Å². The molecule has 21 heavy (non-hydrogen) atoms. The fourth-order valence-electron chi connectivity index (χ4n) is 3.89. The van der Waals surface area contributed by atoms with E-state index in [0.717, 1.165) is 24.0 Å². The first kappa shape index (κ1) is 12.9. The second-order valence-corrected chi connectivity index (χ2v) is 6.32. The van der Waals surface area contributed by atoms with Crippen molar-refractivity contribution in [2.75, 3.05) is 7.05 Å². The van der Waals surface area contributed by atoms with Gasteiger partial charge in [-0.25, -0.2) is 0 Å². The summed E-state index contributed by atoms with van der Waals surface area (Å²) in [5, 5.41) is 1.65. The van der Waals surface area contributed by atoms with Gasteiger partial charge in [0.1, 0.15) is 11.9 Å². The fourth-order valence-corrected chi connectivity index (χ4v) is 3.89. The Labute approximate surface area is 123 Å². The molecule has 3 heterocycles. The molecule has 0 aliphatic carbocycles. The quantitative estimate of drug-likeness (QED) is 0.921. The Kier molecular flexibility index (Phi) is 3.00. The van der Waals surface area contributed by atoms with E-state index in [1.165, 1.54) is 12.8 Å². The Hall–Kier alpha value is -1.81. The van der Waals surface area contributed by atoms with E-state index >= 15 is 0 Å². The first-order valence-electron chi connectivity index (χ1n) is 7.71. The van der Waals surface area contributed by atoms with E-state index in [1.807, 2.05) is 24.3 Å². The fraction of sp³-hybridized carbons (Fsp3) is 0.471. The lowest BCUT2D eigenvalue weighted by atomic mass is 10.0. The Balaban J connectivity index is 1.56. The standard InChI is InChI=1S/C17H20N2O2/c1-19-12-2-3-13(19)10-15(9-12)21-14-4-5-16-11(8-14)6-7-18-17(16)20/h4-8,12-13,15H,2-3,9-10H2,1H3,(H,18,20)/t12-,13+,15+. The third kappa shape index (κ3) is 2.23. The molecule has 0 amide bonds. The van der Waals surface area contributed by atoms with Crippen LogP contribution in [0.25, 0.3) is 10.8 Å². The Morgan fingerprint density at radius 3 is 2.71 bits per heavy atom. The predicted molar refractivity (Wildman–Crippen MR) is 82.8 cm³/mol. The molecule has 4 nitrogen and oxygen atoms in total. The normalized spacial score (nSPS) is 28.9. The molecule has 2 aliphatic heterocycles. The van der Waals surface area contributed by atoms with Crippen LogP contribution < -0.4 is 10.3 Å². The molecule has 0 unspecified atom stereocenters. The number of aromatic nitrogens is 1. The molecule has 2 fully saturated rings. The van der Waals surface area contributed by atoms with Gasteiger partial charge in [-0.3, -0.25) is 4.79 Å². The highest BCUT2D eigenvalue weighted by Crippen LogP contribution is 2.36. The van der Waals surface area contributed by atoms with Crippen molar-refractivity contribution >= 4 is 10.8 Å². The minimum atomic E-state index is -0.0450. The van der Waals surface area contributed by atoms with Crippen molar-refractivity contribution in [3.63, 3.8) is 0 Å². The maximum absolute atomic E-state index is 11.7. The molecule has 2 aromatic rings. The van der Waals surface area contributed by atoms with Crippen molar-refractivity contribution in [3.8, 4) is 5.75 Å². The molecule has 1 N–H and O–H groups in total. The summed E-state index contributed by atoms with van der Waals surface area (Å²) in [4.78, 5) is 16.9. The number of benzene rings is 1. The zero-order valence-electron chi connectivity index (χ0n) is 12.2. The smallest absolute Gasteiger partial charge is 0.255 e. The molecular weight excluding hydrogens is 264 g/mol. The maximum atomic E-state index is 11.7. The molecule has 0 radical (unpaired) electrons. The average Bonchev–Trinajstić information content (AvgIpc) is 2.70. The van der Waals surface area contributed by atoms with Gasteiger partial charge in [0, 0.05) is 23.7 Å². The molecule has 1 aromatic carbocycles. The summed E-state index contributed by atoms with van der Waals surface area (Å²) >= 11 is 0. The number of pyridine rings is 1. The predicted octanol–water partition coefficient (Wildman–Crippen LogP) is 2.53. The monoisotopic (exact) mass is 284 g/mol. The summed E-state index contributed by atoms with van der Waals surface area (Å²) in [6, 6.07) is 9.02. The number of ether oxygens (including phenoxy) is 1. The van der Waals surface area contributed by atoms with Crippen LogP contribution in [0, 0.1) is 0 Å². The second kappa shape index (κ2) is 4.88. The van der Waals surface area contributed by atoms with Crippen molar-refractivity contribution in [2.24, 2.45) is 0 Å². The number of H-pyrrole nitrogens is 1. The Morgan fingerprint density at radius 2 is 1.95 bits per heavy atom. The van der Waals surface area contributed by atoms with Crippen molar-refractivity contribution in [2.45, 2.75) is 43.9 Å². The van der Waals surface area contributed by atoms with Crippen molar-refractivity contribution < 1.29 is 4.74 Å². The number of nitrogens with one attached hydrogen (secondary N) is 1. The first-order valence-corrected chi connectivity index (χ1v) is 7.71. The van der Waals surface area contributed by atoms with Gasteiger partial charge in [-0.15, -0.1) is 0 Å². The van der Waals surface area contributed by atoms with Gasteiger partial charge >= 0.3 is 0 Å². The summed E-state index contributed by atoms with van der Waals surface area (Å²) in [7, 11) is 2.24. The molecule has 2 saturated heterocycles. The molecule has 2 aliphatic rings. The first-order chi connectivity index (χ1) is 10.2. The largest absolute Gasteiger partial charge is 0.490 e. The summed E-state index contributed by atoms with van der Waals surface area (Å²) in [5.74, 6) is 0.877. The second-order valence-electron chi connectivity index (χ2n) is 6.32. The van der Waals surface area contributed by atoms with Gasteiger partial charge in [0.2, 0.25) is 0 Å². The van der Waals surface area contributed by atoms with Crippen LogP contribution in [-0.4, -0.2) is 35.1 Å². The van der Waals surface area contributed by atoms with Crippen LogP contribution in [0.3, 0.4) is 0 Å². The van der Waals surface area contributed by atoms with Gasteiger partial charge < -0.3 is 14.6 Å². The molecule has 110 valence electrons. The van der Waals surface area contributed by atoms with Crippen molar-refractivity contribution in [1.29, 1.82) is 0 Å². The minimum Gasteiger partial charge on any atom is -0.490 e. The topological polar surface area (TPSA) is 45.3 Å². The van der Waals surface area contributed by atoms with E-state index < -0.39 is 0 Å². The molecule has 4 rings (SSSR count). The van der Waals surface area contributed by atoms with Gasteiger partial charge in [-0.2, -0.15) is 0 Å². The average molecular weight is 284 g/mol.